The Balaban J connectivity index is 2.16. The first-order valence-electron chi connectivity index (χ1n) is 5.70. The maximum Gasteiger partial charge on any atom is 0.223 e. The number of para-hydroxylation sites is 1. The molecule has 0 radical (unpaired) electrons. The molecule has 1 amide bonds. The summed E-state index contributed by atoms with van der Waals surface area (Å²) in [7, 11) is 0. The fourth-order valence-electron chi connectivity index (χ4n) is 1.83. The molecule has 0 unspecified atom stereocenters. The molecule has 3 nitrogen and oxygen atoms in total. The number of ether oxygens (including phenoxy) is 1. The Labute approximate surface area is 95.8 Å². The monoisotopic (exact) mass is 219 g/mol. The third-order valence-electron chi connectivity index (χ3n) is 2.80. The van der Waals surface area contributed by atoms with E-state index in [1.807, 2.05) is 38.1 Å². The number of nitrogens with one attached hydrogen (secondary N) is 1. The normalized spacial score (nSPS) is 18.8. The van der Waals surface area contributed by atoms with Gasteiger partial charge in [0.2, 0.25) is 5.91 Å². The van der Waals surface area contributed by atoms with Gasteiger partial charge in [-0.15, -0.1) is 0 Å². The molecule has 1 aromatic rings. The molecule has 1 heterocycles. The van der Waals surface area contributed by atoms with Crippen LogP contribution in [0.5, 0.6) is 5.75 Å². The van der Waals surface area contributed by atoms with Crippen molar-refractivity contribution in [2.75, 3.05) is 6.61 Å². The molecule has 3 heteroatoms. The van der Waals surface area contributed by atoms with E-state index in [0.717, 1.165) is 17.7 Å². The molecule has 0 saturated carbocycles. The summed E-state index contributed by atoms with van der Waals surface area (Å²) in [6, 6.07) is 7.98. The third-order valence-corrected chi connectivity index (χ3v) is 2.80. The van der Waals surface area contributed by atoms with Gasteiger partial charge in [-0.1, -0.05) is 32.0 Å². The lowest BCUT2D eigenvalue weighted by atomic mass is 10.00. The van der Waals surface area contributed by atoms with Gasteiger partial charge in [0.05, 0.1) is 12.6 Å². The molecule has 1 aromatic carbocycles. The highest BCUT2D eigenvalue weighted by Gasteiger charge is 2.23. The highest BCUT2D eigenvalue weighted by Crippen LogP contribution is 2.31. The van der Waals surface area contributed by atoms with Crippen LogP contribution in [0.25, 0.3) is 0 Å². The Morgan fingerprint density at radius 3 is 2.94 bits per heavy atom. The lowest BCUT2D eigenvalue weighted by Gasteiger charge is -2.27. The van der Waals surface area contributed by atoms with Gasteiger partial charge in [0.1, 0.15) is 5.75 Å². The van der Waals surface area contributed by atoms with Crippen LogP contribution in [0.15, 0.2) is 24.3 Å². The Morgan fingerprint density at radius 1 is 1.44 bits per heavy atom. The Hall–Kier alpha value is -1.51. The van der Waals surface area contributed by atoms with Crippen LogP contribution in [0.3, 0.4) is 0 Å². The zero-order chi connectivity index (χ0) is 11.5. The van der Waals surface area contributed by atoms with Crippen molar-refractivity contribution >= 4 is 5.91 Å². The lowest BCUT2D eigenvalue weighted by Crippen LogP contribution is -2.34. The van der Waals surface area contributed by atoms with Gasteiger partial charge in [-0.05, 0) is 6.07 Å². The molecule has 1 aliphatic heterocycles. The Bertz CT molecular complexity index is 387. The number of rotatable bonds is 2. The van der Waals surface area contributed by atoms with Gasteiger partial charge in [-0.2, -0.15) is 0 Å². The second-order valence-electron chi connectivity index (χ2n) is 4.39. The van der Waals surface area contributed by atoms with Crippen LogP contribution in [0.2, 0.25) is 0 Å². The predicted molar refractivity (Wildman–Crippen MR) is 62.3 cm³/mol. The van der Waals surface area contributed by atoms with E-state index in [9.17, 15) is 4.79 Å². The second kappa shape index (κ2) is 4.56. The number of amides is 1. The van der Waals surface area contributed by atoms with Crippen molar-refractivity contribution in [2.24, 2.45) is 5.92 Å². The summed E-state index contributed by atoms with van der Waals surface area (Å²) in [6.07, 6.45) is 0.843. The highest BCUT2D eigenvalue weighted by atomic mass is 16.5. The van der Waals surface area contributed by atoms with Gasteiger partial charge < -0.3 is 10.1 Å². The third kappa shape index (κ3) is 2.18. The van der Waals surface area contributed by atoms with Gasteiger partial charge in [0, 0.05) is 17.9 Å². The molecule has 16 heavy (non-hydrogen) atoms. The van der Waals surface area contributed by atoms with Gasteiger partial charge in [-0.25, -0.2) is 0 Å². The Kier molecular flexibility index (Phi) is 3.13. The molecule has 0 fully saturated rings. The van der Waals surface area contributed by atoms with Crippen LogP contribution in [0, 0.1) is 5.92 Å². The highest BCUT2D eigenvalue weighted by molar-refractivity contribution is 5.78. The summed E-state index contributed by atoms with van der Waals surface area (Å²) in [5.74, 6) is 1.01. The SMILES string of the molecule is CC(C)C(=O)N[C@H]1CCOc2ccccc21. The van der Waals surface area contributed by atoms with Crippen molar-refractivity contribution in [3.8, 4) is 5.75 Å². The lowest BCUT2D eigenvalue weighted by molar-refractivity contribution is -0.124. The molecular weight excluding hydrogens is 202 g/mol. The number of hydrogen-bond acceptors (Lipinski definition) is 2. The van der Waals surface area contributed by atoms with Crippen molar-refractivity contribution < 1.29 is 9.53 Å². The first-order chi connectivity index (χ1) is 7.68. The molecule has 0 aromatic heterocycles. The topological polar surface area (TPSA) is 38.3 Å². The molecule has 0 aliphatic carbocycles. The number of fused-ring (bicyclic) bond motifs is 1. The van der Waals surface area contributed by atoms with Crippen LogP contribution in [-0.2, 0) is 4.79 Å². The average molecular weight is 219 g/mol. The average Bonchev–Trinajstić information content (AvgIpc) is 2.29. The Morgan fingerprint density at radius 2 is 2.19 bits per heavy atom. The first-order valence-corrected chi connectivity index (χ1v) is 5.70. The molecule has 1 atom stereocenters. The van der Waals surface area contributed by atoms with Crippen LogP contribution in [0.4, 0.5) is 0 Å². The molecular formula is C13H17NO2. The van der Waals surface area contributed by atoms with E-state index < -0.39 is 0 Å². The quantitative estimate of drug-likeness (QED) is 0.828. The molecule has 0 spiro atoms. The minimum atomic E-state index is 0.0232. The zero-order valence-electron chi connectivity index (χ0n) is 9.69. The minimum absolute atomic E-state index is 0.0232. The predicted octanol–water partition coefficient (Wildman–Crippen LogP) is 2.28. The summed E-state index contributed by atoms with van der Waals surface area (Å²) in [5, 5.41) is 3.06. The van der Waals surface area contributed by atoms with Crippen molar-refractivity contribution in [3.05, 3.63) is 29.8 Å². The standard InChI is InChI=1S/C13H17NO2/c1-9(2)13(15)14-11-7-8-16-12-6-4-3-5-10(11)12/h3-6,9,11H,7-8H2,1-2H3,(H,14,15)/t11-/m0/s1. The molecule has 0 saturated heterocycles. The summed E-state index contributed by atoms with van der Waals surface area (Å²) >= 11 is 0. The van der Waals surface area contributed by atoms with E-state index >= 15 is 0 Å². The van der Waals surface area contributed by atoms with E-state index in [0.29, 0.717) is 6.61 Å². The molecule has 2 rings (SSSR count). The summed E-state index contributed by atoms with van der Waals surface area (Å²) < 4.78 is 5.54. The largest absolute Gasteiger partial charge is 0.493 e. The van der Waals surface area contributed by atoms with Crippen molar-refractivity contribution in [1.82, 2.24) is 5.32 Å². The van der Waals surface area contributed by atoms with Crippen molar-refractivity contribution in [1.29, 1.82) is 0 Å². The summed E-state index contributed by atoms with van der Waals surface area (Å²) in [6.45, 7) is 4.47. The van der Waals surface area contributed by atoms with E-state index in [1.54, 1.807) is 0 Å². The van der Waals surface area contributed by atoms with Gasteiger partial charge in [-0.3, -0.25) is 4.79 Å². The van der Waals surface area contributed by atoms with Gasteiger partial charge >= 0.3 is 0 Å². The van der Waals surface area contributed by atoms with Crippen molar-refractivity contribution in [3.63, 3.8) is 0 Å². The van der Waals surface area contributed by atoms with Crippen LogP contribution >= 0.6 is 0 Å². The van der Waals surface area contributed by atoms with E-state index in [4.69, 9.17) is 4.74 Å². The van der Waals surface area contributed by atoms with Crippen LogP contribution < -0.4 is 10.1 Å². The second-order valence-corrected chi connectivity index (χ2v) is 4.39. The van der Waals surface area contributed by atoms with Crippen LogP contribution in [0.1, 0.15) is 31.9 Å². The minimum Gasteiger partial charge on any atom is -0.493 e. The number of carbonyl (C=O) groups excluding carboxylic acids is 1. The smallest absolute Gasteiger partial charge is 0.223 e. The molecule has 86 valence electrons. The number of carbonyl (C=O) groups is 1. The van der Waals surface area contributed by atoms with Crippen LogP contribution in [-0.4, -0.2) is 12.5 Å². The zero-order valence-corrected chi connectivity index (χ0v) is 9.69. The van der Waals surface area contributed by atoms with Gasteiger partial charge in [0.25, 0.3) is 0 Å². The molecule has 1 aliphatic rings. The summed E-state index contributed by atoms with van der Waals surface area (Å²) in [5.41, 5.74) is 1.09. The van der Waals surface area contributed by atoms with Gasteiger partial charge in [0.15, 0.2) is 0 Å². The van der Waals surface area contributed by atoms with E-state index in [1.165, 1.54) is 0 Å². The van der Waals surface area contributed by atoms with E-state index in [-0.39, 0.29) is 17.9 Å². The maximum absolute atomic E-state index is 11.7. The fraction of sp³-hybridized carbons (Fsp3) is 0.462. The summed E-state index contributed by atoms with van der Waals surface area (Å²) in [4.78, 5) is 11.7. The van der Waals surface area contributed by atoms with E-state index in [2.05, 4.69) is 5.32 Å². The fourth-order valence-corrected chi connectivity index (χ4v) is 1.83. The number of benzene rings is 1. The maximum atomic E-state index is 11.7. The number of hydrogen-bond donors (Lipinski definition) is 1. The molecule has 0 bridgehead atoms. The first kappa shape index (κ1) is 11.0. The van der Waals surface area contributed by atoms with Crippen molar-refractivity contribution in [2.45, 2.75) is 26.3 Å². The molecule has 1 N–H and O–H groups in total.